The Bertz CT molecular complexity index is 1080. The highest BCUT2D eigenvalue weighted by molar-refractivity contribution is 5.76. The Hall–Kier alpha value is -2.18. The molecule has 64 heavy (non-hydrogen) atoms. The Kier molecular flexibility index (Phi) is 51.6. The van der Waals surface area contributed by atoms with Gasteiger partial charge in [0.05, 0.1) is 25.4 Å². The van der Waals surface area contributed by atoms with E-state index in [1.54, 1.807) is 6.08 Å². The number of amides is 1. The van der Waals surface area contributed by atoms with Crippen LogP contribution < -0.4 is 5.32 Å². The Labute approximate surface area is 397 Å². The first-order chi connectivity index (χ1) is 31.5. The van der Waals surface area contributed by atoms with Crippen LogP contribution in [-0.4, -0.2) is 47.4 Å². The highest BCUT2D eigenvalue weighted by atomic mass is 16.5. The molecule has 0 heterocycles. The molecule has 2 atom stereocenters. The molecule has 0 aliphatic carbocycles. The van der Waals surface area contributed by atoms with Crippen molar-refractivity contribution >= 4 is 11.9 Å². The molecule has 0 radical (unpaired) electrons. The van der Waals surface area contributed by atoms with Crippen molar-refractivity contribution in [2.45, 2.75) is 296 Å². The summed E-state index contributed by atoms with van der Waals surface area (Å²) in [7, 11) is 0. The number of aliphatic hydroxyl groups is 2. The topological polar surface area (TPSA) is 95.9 Å². The summed E-state index contributed by atoms with van der Waals surface area (Å²) in [6.45, 7) is 4.81. The first kappa shape index (κ1) is 61.8. The fourth-order valence-electron chi connectivity index (χ4n) is 8.25. The van der Waals surface area contributed by atoms with Gasteiger partial charge in [0.15, 0.2) is 0 Å². The van der Waals surface area contributed by atoms with Gasteiger partial charge in [-0.3, -0.25) is 9.59 Å². The summed E-state index contributed by atoms with van der Waals surface area (Å²) in [5.74, 6) is -0.0818. The lowest BCUT2D eigenvalue weighted by Gasteiger charge is -2.20. The van der Waals surface area contributed by atoms with E-state index >= 15 is 0 Å². The number of allylic oxidation sites excluding steroid dienone is 7. The summed E-state index contributed by atoms with van der Waals surface area (Å²) in [4.78, 5) is 24.4. The minimum Gasteiger partial charge on any atom is -0.466 e. The third-order valence-electron chi connectivity index (χ3n) is 12.5. The zero-order valence-electron chi connectivity index (χ0n) is 42.5. The van der Waals surface area contributed by atoms with Crippen molar-refractivity contribution in [3.63, 3.8) is 0 Å². The Morgan fingerprint density at radius 2 is 0.812 bits per heavy atom. The molecule has 3 N–H and O–H groups in total. The molecule has 2 unspecified atom stereocenters. The van der Waals surface area contributed by atoms with Gasteiger partial charge < -0.3 is 20.3 Å². The van der Waals surface area contributed by atoms with Crippen molar-refractivity contribution in [1.29, 1.82) is 0 Å². The molecule has 0 fully saturated rings. The Morgan fingerprint density at radius 1 is 0.438 bits per heavy atom. The van der Waals surface area contributed by atoms with E-state index in [9.17, 15) is 19.8 Å². The molecule has 0 saturated carbocycles. The average molecular weight is 898 g/mol. The monoisotopic (exact) mass is 898 g/mol. The number of carbonyl (C=O) groups is 2. The molecule has 0 saturated heterocycles. The third kappa shape index (κ3) is 49.3. The smallest absolute Gasteiger partial charge is 0.305 e. The van der Waals surface area contributed by atoms with Gasteiger partial charge in [-0.15, -0.1) is 0 Å². The van der Waals surface area contributed by atoms with Crippen LogP contribution in [0.4, 0.5) is 0 Å². The minimum absolute atomic E-state index is 0.00524. The van der Waals surface area contributed by atoms with E-state index in [0.717, 1.165) is 57.8 Å². The van der Waals surface area contributed by atoms with Gasteiger partial charge in [-0.05, 0) is 83.5 Å². The zero-order valence-corrected chi connectivity index (χ0v) is 42.5. The van der Waals surface area contributed by atoms with E-state index in [1.165, 1.54) is 199 Å². The van der Waals surface area contributed by atoms with E-state index in [1.807, 2.05) is 6.08 Å². The van der Waals surface area contributed by atoms with Crippen LogP contribution in [0.2, 0.25) is 0 Å². The number of aliphatic hydroxyl groups excluding tert-OH is 2. The number of hydrogen-bond donors (Lipinski definition) is 3. The van der Waals surface area contributed by atoms with Gasteiger partial charge in [-0.2, -0.15) is 0 Å². The van der Waals surface area contributed by atoms with E-state index in [2.05, 4.69) is 55.6 Å². The summed E-state index contributed by atoms with van der Waals surface area (Å²) in [6, 6.07) is -0.631. The van der Waals surface area contributed by atoms with E-state index in [4.69, 9.17) is 4.74 Å². The second-order valence-electron chi connectivity index (χ2n) is 18.9. The van der Waals surface area contributed by atoms with Crippen LogP contribution in [-0.2, 0) is 14.3 Å². The predicted molar refractivity (Wildman–Crippen MR) is 278 cm³/mol. The van der Waals surface area contributed by atoms with Crippen molar-refractivity contribution in [3.8, 4) is 0 Å². The van der Waals surface area contributed by atoms with Gasteiger partial charge in [-0.1, -0.05) is 236 Å². The molecule has 0 aromatic heterocycles. The molecule has 374 valence electrons. The van der Waals surface area contributed by atoms with Gasteiger partial charge >= 0.3 is 5.97 Å². The maximum atomic E-state index is 12.4. The molecule has 0 aliphatic heterocycles. The van der Waals surface area contributed by atoms with Crippen LogP contribution in [0.3, 0.4) is 0 Å². The lowest BCUT2D eigenvalue weighted by atomic mass is 10.0. The van der Waals surface area contributed by atoms with Crippen molar-refractivity contribution < 1.29 is 24.5 Å². The number of carbonyl (C=O) groups excluding carboxylic acids is 2. The van der Waals surface area contributed by atoms with Crippen LogP contribution in [0, 0.1) is 0 Å². The maximum Gasteiger partial charge on any atom is 0.305 e. The number of unbranched alkanes of at least 4 members (excludes halogenated alkanes) is 34. The van der Waals surface area contributed by atoms with Crippen LogP contribution in [0.5, 0.6) is 0 Å². The van der Waals surface area contributed by atoms with Crippen molar-refractivity contribution in [2.75, 3.05) is 13.2 Å². The summed E-state index contributed by atoms with van der Waals surface area (Å²) < 4.78 is 5.46. The number of esters is 1. The molecule has 0 spiro atoms. The summed E-state index contributed by atoms with van der Waals surface area (Å²) >= 11 is 0. The first-order valence-electron chi connectivity index (χ1n) is 27.9. The summed E-state index contributed by atoms with van der Waals surface area (Å²) in [5.41, 5.74) is 0. The summed E-state index contributed by atoms with van der Waals surface area (Å²) in [6.07, 6.45) is 67.0. The SMILES string of the molecule is CCC/C=C\C/C=C\CCCCCCCC(=O)OCCCCCCCCCCCCCC/C=C\CCCCCCCCCC(=O)NC(CO)C(O)/C=C/CCCCCCCCCCC. The summed E-state index contributed by atoms with van der Waals surface area (Å²) in [5, 5.41) is 23.0. The maximum absolute atomic E-state index is 12.4. The van der Waals surface area contributed by atoms with Crippen LogP contribution in [0.25, 0.3) is 0 Å². The van der Waals surface area contributed by atoms with E-state index in [-0.39, 0.29) is 18.5 Å². The molecule has 0 aliphatic rings. The number of ether oxygens (including phenoxy) is 1. The second-order valence-corrected chi connectivity index (χ2v) is 18.9. The van der Waals surface area contributed by atoms with Gasteiger partial charge in [0.2, 0.25) is 5.91 Å². The molecule has 6 heteroatoms. The lowest BCUT2D eigenvalue weighted by molar-refractivity contribution is -0.143. The molecule has 6 nitrogen and oxygen atoms in total. The molecule has 0 bridgehead atoms. The lowest BCUT2D eigenvalue weighted by Crippen LogP contribution is -2.45. The van der Waals surface area contributed by atoms with Gasteiger partial charge in [0, 0.05) is 12.8 Å². The number of rotatable bonds is 51. The highest BCUT2D eigenvalue weighted by Crippen LogP contribution is 2.15. The number of hydrogen-bond acceptors (Lipinski definition) is 5. The number of nitrogens with one attached hydrogen (secondary N) is 1. The molecule has 0 aromatic rings. The Balaban J connectivity index is 3.43. The zero-order chi connectivity index (χ0) is 46.5. The molecule has 0 aromatic carbocycles. The second kappa shape index (κ2) is 53.4. The standard InChI is InChI=1S/C58H107NO5/c1-3-5-7-9-11-13-15-27-32-36-40-44-48-52-58(63)64-53-49-45-41-37-33-29-26-24-22-20-18-16-17-19-21-23-25-28-31-35-39-43-47-51-57(62)59-55(54-60)56(61)50-46-42-38-34-30-14-12-10-8-6-4-2/h7,9,13,15,19,21,46,50,55-56,60-61H,3-6,8,10-12,14,16-18,20,22-45,47-49,51-54H2,1-2H3,(H,59,62)/b9-7-,15-13-,21-19-,50-46+. The van der Waals surface area contributed by atoms with Gasteiger partial charge in [0.1, 0.15) is 0 Å². The highest BCUT2D eigenvalue weighted by Gasteiger charge is 2.18. The van der Waals surface area contributed by atoms with Gasteiger partial charge in [0.25, 0.3) is 0 Å². The fraction of sp³-hybridized carbons (Fsp3) is 0.828. The van der Waals surface area contributed by atoms with Crippen LogP contribution >= 0.6 is 0 Å². The fourth-order valence-corrected chi connectivity index (χ4v) is 8.25. The van der Waals surface area contributed by atoms with Crippen molar-refractivity contribution in [3.05, 3.63) is 48.6 Å². The molecule has 1 amide bonds. The molecular formula is C58H107NO5. The van der Waals surface area contributed by atoms with Crippen LogP contribution in [0.15, 0.2) is 48.6 Å². The quantitative estimate of drug-likeness (QED) is 0.0321. The van der Waals surface area contributed by atoms with Crippen molar-refractivity contribution in [2.24, 2.45) is 0 Å². The van der Waals surface area contributed by atoms with Gasteiger partial charge in [-0.25, -0.2) is 0 Å². The Morgan fingerprint density at radius 3 is 1.27 bits per heavy atom. The first-order valence-corrected chi connectivity index (χ1v) is 27.9. The molecular weight excluding hydrogens is 791 g/mol. The van der Waals surface area contributed by atoms with E-state index in [0.29, 0.717) is 19.4 Å². The van der Waals surface area contributed by atoms with E-state index < -0.39 is 12.1 Å². The molecule has 0 rings (SSSR count). The predicted octanol–water partition coefficient (Wildman–Crippen LogP) is 17.0. The van der Waals surface area contributed by atoms with Crippen LogP contribution in [0.1, 0.15) is 284 Å². The average Bonchev–Trinajstić information content (AvgIpc) is 3.29. The normalized spacial score (nSPS) is 13.0. The minimum atomic E-state index is -0.847. The third-order valence-corrected chi connectivity index (χ3v) is 12.5. The van der Waals surface area contributed by atoms with Crippen molar-refractivity contribution in [1.82, 2.24) is 5.32 Å². The largest absolute Gasteiger partial charge is 0.466 e.